The van der Waals surface area contributed by atoms with Gasteiger partial charge >= 0.3 is 5.97 Å². The largest absolute Gasteiger partial charge is 0.478 e. The number of fused-ring (bicyclic) bond motifs is 1. The molecule has 17 heavy (non-hydrogen) atoms. The maximum Gasteiger partial charge on any atom is 0.336 e. The number of benzene rings is 1. The Hall–Kier alpha value is -1.81. The van der Waals surface area contributed by atoms with Crippen LogP contribution < -0.4 is 0 Å². The number of aromatic carboxylic acids is 1. The number of nitrogens with zero attached hydrogens (tertiary/aromatic N) is 1. The lowest BCUT2D eigenvalue weighted by Crippen LogP contribution is -2.01. The molecule has 0 unspecified atom stereocenters. The predicted octanol–water partition coefficient (Wildman–Crippen LogP) is 1.89. The van der Waals surface area contributed by atoms with E-state index in [1.165, 1.54) is 0 Å². The molecule has 1 heterocycles. The summed E-state index contributed by atoms with van der Waals surface area (Å²) in [6, 6.07) is 5.24. The normalized spacial score (nSPS) is 10.9. The Morgan fingerprint density at radius 3 is 2.76 bits per heavy atom. The first-order valence-electron chi connectivity index (χ1n) is 5.64. The quantitative estimate of drug-likeness (QED) is 0.847. The Morgan fingerprint density at radius 1 is 1.41 bits per heavy atom. The Kier molecular flexibility index (Phi) is 3.15. The lowest BCUT2D eigenvalue weighted by molar-refractivity contribution is 0.0699. The molecule has 0 aliphatic heterocycles. The third-order valence-electron chi connectivity index (χ3n) is 2.94. The third kappa shape index (κ3) is 1.91. The predicted molar refractivity (Wildman–Crippen MR) is 65.4 cm³/mol. The van der Waals surface area contributed by atoms with Crippen LogP contribution in [-0.4, -0.2) is 27.4 Å². The summed E-state index contributed by atoms with van der Waals surface area (Å²) in [6.45, 7) is 2.53. The van der Waals surface area contributed by atoms with Gasteiger partial charge in [-0.1, -0.05) is 13.0 Å². The summed E-state index contributed by atoms with van der Waals surface area (Å²) >= 11 is 0. The van der Waals surface area contributed by atoms with Crippen LogP contribution in [0.15, 0.2) is 24.4 Å². The van der Waals surface area contributed by atoms with Crippen LogP contribution in [0.3, 0.4) is 0 Å². The highest BCUT2D eigenvalue weighted by Gasteiger charge is 2.14. The first kappa shape index (κ1) is 11.7. The molecule has 2 rings (SSSR count). The molecule has 90 valence electrons. The molecule has 2 N–H and O–H groups in total. The fourth-order valence-corrected chi connectivity index (χ4v) is 2.18. The Bertz CT molecular complexity index is 557. The van der Waals surface area contributed by atoms with Crippen molar-refractivity contribution in [2.24, 2.45) is 0 Å². The molecule has 0 spiro atoms. The number of aryl methyl sites for hydroxylation is 1. The molecule has 0 aliphatic carbocycles. The molecule has 0 fully saturated rings. The summed E-state index contributed by atoms with van der Waals surface area (Å²) in [5, 5.41) is 19.0. The standard InChI is InChI=1S/C13H15NO3/c1-2-9-8-14(6-7-15)11-5-3-4-10(12(9)11)13(16)17/h3-5,8,15H,2,6-7H2,1H3,(H,16,17). The average molecular weight is 233 g/mol. The van der Waals surface area contributed by atoms with Gasteiger partial charge in [-0.25, -0.2) is 4.79 Å². The SMILES string of the molecule is CCc1cn(CCO)c2cccc(C(=O)O)c12. The summed E-state index contributed by atoms with van der Waals surface area (Å²) < 4.78 is 1.90. The molecule has 0 atom stereocenters. The molecule has 0 aliphatic rings. The first-order valence-corrected chi connectivity index (χ1v) is 5.64. The fraction of sp³-hybridized carbons (Fsp3) is 0.308. The monoisotopic (exact) mass is 233 g/mol. The number of carbonyl (C=O) groups is 1. The van der Waals surface area contributed by atoms with Gasteiger partial charge in [0.25, 0.3) is 0 Å². The second-order valence-corrected chi connectivity index (χ2v) is 3.93. The van der Waals surface area contributed by atoms with E-state index in [9.17, 15) is 9.90 Å². The van der Waals surface area contributed by atoms with Gasteiger partial charge in [0.1, 0.15) is 0 Å². The van der Waals surface area contributed by atoms with Crippen molar-refractivity contribution in [3.8, 4) is 0 Å². The van der Waals surface area contributed by atoms with Crippen LogP contribution in [0.5, 0.6) is 0 Å². The van der Waals surface area contributed by atoms with Crippen LogP contribution >= 0.6 is 0 Å². The Balaban J connectivity index is 2.75. The van der Waals surface area contributed by atoms with Gasteiger partial charge in [-0.2, -0.15) is 0 Å². The second-order valence-electron chi connectivity index (χ2n) is 3.93. The minimum absolute atomic E-state index is 0.0459. The summed E-state index contributed by atoms with van der Waals surface area (Å²) in [5.41, 5.74) is 2.21. The lowest BCUT2D eigenvalue weighted by Gasteiger charge is -2.03. The van der Waals surface area contributed by atoms with Gasteiger partial charge in [0, 0.05) is 23.6 Å². The molecule has 0 saturated heterocycles. The number of carboxylic acid groups (broad SMARTS) is 1. The van der Waals surface area contributed by atoms with E-state index in [0.29, 0.717) is 12.1 Å². The third-order valence-corrected chi connectivity index (χ3v) is 2.94. The van der Waals surface area contributed by atoms with Crippen molar-refractivity contribution in [3.63, 3.8) is 0 Å². The number of hydrogen-bond donors (Lipinski definition) is 2. The second kappa shape index (κ2) is 4.59. The van der Waals surface area contributed by atoms with Crippen LogP contribution in [0.25, 0.3) is 10.9 Å². The number of aliphatic hydroxyl groups is 1. The molecule has 1 aromatic carbocycles. The zero-order valence-electron chi connectivity index (χ0n) is 9.68. The molecule has 0 amide bonds. The van der Waals surface area contributed by atoms with E-state index in [2.05, 4.69) is 0 Å². The van der Waals surface area contributed by atoms with Gasteiger partial charge < -0.3 is 14.8 Å². The minimum atomic E-state index is -0.910. The Morgan fingerprint density at radius 2 is 2.18 bits per heavy atom. The number of aliphatic hydroxyl groups excluding tert-OH is 1. The van der Waals surface area contributed by atoms with E-state index < -0.39 is 5.97 Å². The highest BCUT2D eigenvalue weighted by atomic mass is 16.4. The van der Waals surface area contributed by atoms with Crippen LogP contribution in [0, 0.1) is 0 Å². The van der Waals surface area contributed by atoms with E-state index in [1.54, 1.807) is 12.1 Å². The number of rotatable bonds is 4. The molecule has 0 saturated carbocycles. The molecule has 1 aromatic heterocycles. The van der Waals surface area contributed by atoms with E-state index in [-0.39, 0.29) is 6.61 Å². The van der Waals surface area contributed by atoms with Gasteiger partial charge in [-0.05, 0) is 24.1 Å². The fourth-order valence-electron chi connectivity index (χ4n) is 2.18. The molecular formula is C13H15NO3. The van der Waals surface area contributed by atoms with Crippen molar-refractivity contribution in [2.45, 2.75) is 19.9 Å². The first-order chi connectivity index (χ1) is 8.19. The van der Waals surface area contributed by atoms with E-state index in [4.69, 9.17) is 5.11 Å². The summed E-state index contributed by atoms with van der Waals surface area (Å²) in [7, 11) is 0. The molecule has 2 aromatic rings. The highest BCUT2D eigenvalue weighted by molar-refractivity contribution is 6.04. The van der Waals surface area contributed by atoms with E-state index in [1.807, 2.05) is 23.8 Å². The maximum atomic E-state index is 11.2. The summed E-state index contributed by atoms with van der Waals surface area (Å²) in [5.74, 6) is -0.910. The molecular weight excluding hydrogens is 218 g/mol. The number of carboxylic acids is 1. The number of hydrogen-bond acceptors (Lipinski definition) is 2. The molecule has 4 nitrogen and oxygen atoms in total. The lowest BCUT2D eigenvalue weighted by atomic mass is 10.1. The van der Waals surface area contributed by atoms with Gasteiger partial charge in [0.05, 0.1) is 12.2 Å². The van der Waals surface area contributed by atoms with Gasteiger partial charge in [0.2, 0.25) is 0 Å². The minimum Gasteiger partial charge on any atom is -0.478 e. The van der Waals surface area contributed by atoms with E-state index >= 15 is 0 Å². The van der Waals surface area contributed by atoms with Gasteiger partial charge in [0.15, 0.2) is 0 Å². The average Bonchev–Trinajstić information content (AvgIpc) is 2.68. The van der Waals surface area contributed by atoms with Crippen molar-refractivity contribution in [1.29, 1.82) is 0 Å². The Labute approximate surface area is 99.1 Å². The highest BCUT2D eigenvalue weighted by Crippen LogP contribution is 2.25. The van der Waals surface area contributed by atoms with Crippen molar-refractivity contribution >= 4 is 16.9 Å². The van der Waals surface area contributed by atoms with Crippen molar-refractivity contribution < 1.29 is 15.0 Å². The van der Waals surface area contributed by atoms with E-state index in [0.717, 1.165) is 22.9 Å². The van der Waals surface area contributed by atoms with Crippen molar-refractivity contribution in [2.75, 3.05) is 6.61 Å². The van der Waals surface area contributed by atoms with Crippen molar-refractivity contribution in [1.82, 2.24) is 4.57 Å². The molecule has 4 heteroatoms. The summed E-state index contributed by atoms with van der Waals surface area (Å²) in [6.07, 6.45) is 2.70. The topological polar surface area (TPSA) is 62.5 Å². The van der Waals surface area contributed by atoms with Crippen LogP contribution in [0.1, 0.15) is 22.8 Å². The van der Waals surface area contributed by atoms with Crippen LogP contribution in [0.2, 0.25) is 0 Å². The van der Waals surface area contributed by atoms with Gasteiger partial charge in [-0.15, -0.1) is 0 Å². The maximum absolute atomic E-state index is 11.2. The smallest absolute Gasteiger partial charge is 0.336 e. The van der Waals surface area contributed by atoms with Gasteiger partial charge in [-0.3, -0.25) is 0 Å². The summed E-state index contributed by atoms with van der Waals surface area (Å²) in [4.78, 5) is 11.2. The van der Waals surface area contributed by atoms with Crippen LogP contribution in [0.4, 0.5) is 0 Å². The number of aromatic nitrogens is 1. The zero-order valence-corrected chi connectivity index (χ0v) is 9.68. The molecule has 0 radical (unpaired) electrons. The van der Waals surface area contributed by atoms with Crippen molar-refractivity contribution in [3.05, 3.63) is 35.5 Å². The van der Waals surface area contributed by atoms with Crippen LogP contribution in [-0.2, 0) is 13.0 Å². The molecule has 0 bridgehead atoms. The zero-order chi connectivity index (χ0) is 12.4.